The van der Waals surface area contributed by atoms with E-state index < -0.39 is 15.9 Å². The van der Waals surface area contributed by atoms with Gasteiger partial charge in [0.1, 0.15) is 6.54 Å². The number of amides is 1. The Kier molecular flexibility index (Phi) is 5.07. The van der Waals surface area contributed by atoms with Crippen LogP contribution in [0.5, 0.6) is 0 Å². The van der Waals surface area contributed by atoms with E-state index in [1.807, 2.05) is 24.3 Å². The van der Waals surface area contributed by atoms with Crippen LogP contribution in [-0.2, 0) is 27.7 Å². The summed E-state index contributed by atoms with van der Waals surface area (Å²) in [5.41, 5.74) is 3.85. The standard InChI is InChI=1S/C23H22N2O4S/c1-15(26)18-6-3-7-19(13-18)25(30(2,28)29)14-22(27)24-21-12-11-17-10-9-16-5-4-8-20(21)23(16)17/h3-8,11-13H,9-10,14H2,1-2H3,(H,24,27). The molecule has 154 valence electrons. The fourth-order valence-electron chi connectivity index (χ4n) is 3.96. The Morgan fingerprint density at radius 2 is 1.70 bits per heavy atom. The Labute approximate surface area is 175 Å². The summed E-state index contributed by atoms with van der Waals surface area (Å²) in [5.74, 6) is -0.630. The number of aryl methyl sites for hydroxylation is 2. The van der Waals surface area contributed by atoms with E-state index in [1.165, 1.54) is 29.5 Å². The molecule has 6 nitrogen and oxygen atoms in total. The van der Waals surface area contributed by atoms with Gasteiger partial charge in [-0.1, -0.05) is 36.4 Å². The Balaban J connectivity index is 1.63. The van der Waals surface area contributed by atoms with Gasteiger partial charge in [-0.3, -0.25) is 13.9 Å². The van der Waals surface area contributed by atoms with Crippen molar-refractivity contribution in [1.29, 1.82) is 0 Å². The number of nitrogens with one attached hydrogen (secondary N) is 1. The quantitative estimate of drug-likeness (QED) is 0.616. The van der Waals surface area contributed by atoms with Crippen molar-refractivity contribution in [1.82, 2.24) is 0 Å². The normalized spacial score (nSPS) is 12.7. The van der Waals surface area contributed by atoms with E-state index in [2.05, 4.69) is 11.4 Å². The molecule has 3 aromatic rings. The van der Waals surface area contributed by atoms with Gasteiger partial charge in [0.25, 0.3) is 0 Å². The first-order chi connectivity index (χ1) is 14.2. The van der Waals surface area contributed by atoms with Crippen LogP contribution in [0.25, 0.3) is 10.8 Å². The van der Waals surface area contributed by atoms with Crippen LogP contribution in [0.2, 0.25) is 0 Å². The molecule has 0 radical (unpaired) electrons. The van der Waals surface area contributed by atoms with Crippen LogP contribution in [0.4, 0.5) is 11.4 Å². The minimum atomic E-state index is -3.73. The number of Topliss-reactive ketones (excluding diaryl/α,β-unsaturated/α-hetero) is 1. The highest BCUT2D eigenvalue weighted by atomic mass is 32.2. The lowest BCUT2D eigenvalue weighted by Crippen LogP contribution is -2.37. The van der Waals surface area contributed by atoms with E-state index in [4.69, 9.17) is 0 Å². The molecule has 1 amide bonds. The number of carbonyl (C=O) groups excluding carboxylic acids is 2. The zero-order valence-electron chi connectivity index (χ0n) is 16.8. The number of hydrogen-bond acceptors (Lipinski definition) is 4. The zero-order valence-corrected chi connectivity index (χ0v) is 17.6. The van der Waals surface area contributed by atoms with Gasteiger partial charge < -0.3 is 5.32 Å². The number of carbonyl (C=O) groups is 2. The minimum absolute atomic E-state index is 0.178. The van der Waals surface area contributed by atoms with Crippen LogP contribution >= 0.6 is 0 Å². The lowest BCUT2D eigenvalue weighted by Gasteiger charge is -2.22. The molecule has 4 rings (SSSR count). The highest BCUT2D eigenvalue weighted by Gasteiger charge is 2.23. The average Bonchev–Trinajstić information content (AvgIpc) is 3.12. The number of hydrogen-bond donors (Lipinski definition) is 1. The van der Waals surface area contributed by atoms with E-state index >= 15 is 0 Å². The molecule has 3 aromatic carbocycles. The second-order valence-corrected chi connectivity index (χ2v) is 9.44. The van der Waals surface area contributed by atoms with Crippen molar-refractivity contribution >= 4 is 43.9 Å². The van der Waals surface area contributed by atoms with Crippen LogP contribution in [-0.4, -0.2) is 32.9 Å². The molecule has 1 N–H and O–H groups in total. The summed E-state index contributed by atoms with van der Waals surface area (Å²) in [4.78, 5) is 24.5. The van der Waals surface area contributed by atoms with Crippen LogP contribution in [0.15, 0.2) is 54.6 Å². The van der Waals surface area contributed by atoms with Crippen molar-refractivity contribution < 1.29 is 18.0 Å². The third-order valence-electron chi connectivity index (χ3n) is 5.38. The third-order valence-corrected chi connectivity index (χ3v) is 6.52. The number of rotatable bonds is 6. The molecule has 0 saturated carbocycles. The maximum atomic E-state index is 12.8. The molecule has 0 unspecified atom stereocenters. The lowest BCUT2D eigenvalue weighted by molar-refractivity contribution is -0.114. The second kappa shape index (κ2) is 7.57. The average molecular weight is 423 g/mol. The monoisotopic (exact) mass is 422 g/mol. The third kappa shape index (κ3) is 3.80. The Hall–Kier alpha value is -3.19. The maximum Gasteiger partial charge on any atom is 0.245 e. The van der Waals surface area contributed by atoms with Crippen LogP contribution < -0.4 is 9.62 Å². The number of benzene rings is 3. The Morgan fingerprint density at radius 3 is 2.40 bits per heavy atom. The number of sulfonamides is 1. The van der Waals surface area contributed by atoms with Gasteiger partial charge in [0.2, 0.25) is 15.9 Å². The van der Waals surface area contributed by atoms with Gasteiger partial charge in [-0.25, -0.2) is 8.42 Å². The fraction of sp³-hybridized carbons (Fsp3) is 0.217. The lowest BCUT2D eigenvalue weighted by atomic mass is 10.0. The molecule has 1 aliphatic rings. The van der Waals surface area contributed by atoms with Crippen molar-refractivity contribution in [3.8, 4) is 0 Å². The second-order valence-electron chi connectivity index (χ2n) is 7.54. The summed E-state index contributed by atoms with van der Waals surface area (Å²) in [6, 6.07) is 16.2. The highest BCUT2D eigenvalue weighted by molar-refractivity contribution is 7.92. The summed E-state index contributed by atoms with van der Waals surface area (Å²) in [5, 5.41) is 4.99. The minimum Gasteiger partial charge on any atom is -0.324 e. The molecule has 30 heavy (non-hydrogen) atoms. The molecule has 0 atom stereocenters. The number of nitrogens with zero attached hydrogens (tertiary/aromatic N) is 1. The predicted octanol–water partition coefficient (Wildman–Crippen LogP) is 3.55. The molecular formula is C23H22N2O4S. The fourth-order valence-corrected chi connectivity index (χ4v) is 4.80. The van der Waals surface area contributed by atoms with Gasteiger partial charge in [-0.2, -0.15) is 0 Å². The van der Waals surface area contributed by atoms with Crippen molar-refractivity contribution in [2.75, 3.05) is 22.4 Å². The summed E-state index contributed by atoms with van der Waals surface area (Å²) in [6.07, 6.45) is 3.01. The largest absolute Gasteiger partial charge is 0.324 e. The van der Waals surface area contributed by atoms with Crippen molar-refractivity contribution in [3.05, 3.63) is 71.3 Å². The maximum absolute atomic E-state index is 12.8. The number of ketones is 1. The van der Waals surface area contributed by atoms with Gasteiger partial charge in [0, 0.05) is 16.6 Å². The van der Waals surface area contributed by atoms with E-state index in [1.54, 1.807) is 18.2 Å². The molecule has 0 heterocycles. The van der Waals surface area contributed by atoms with Gasteiger partial charge in [0.15, 0.2) is 5.78 Å². The molecular weight excluding hydrogens is 400 g/mol. The zero-order chi connectivity index (χ0) is 21.5. The summed E-state index contributed by atoms with van der Waals surface area (Å²) in [7, 11) is -3.73. The van der Waals surface area contributed by atoms with Crippen molar-refractivity contribution in [2.24, 2.45) is 0 Å². The van der Waals surface area contributed by atoms with E-state index in [9.17, 15) is 18.0 Å². The molecule has 1 aliphatic carbocycles. The molecule has 0 spiro atoms. The van der Waals surface area contributed by atoms with Crippen LogP contribution in [0, 0.1) is 0 Å². The summed E-state index contributed by atoms with van der Waals surface area (Å²) >= 11 is 0. The van der Waals surface area contributed by atoms with Gasteiger partial charge in [-0.05, 0) is 54.5 Å². The van der Waals surface area contributed by atoms with Gasteiger partial charge >= 0.3 is 0 Å². The molecule has 7 heteroatoms. The summed E-state index contributed by atoms with van der Waals surface area (Å²) < 4.78 is 25.8. The molecule has 0 bridgehead atoms. The molecule has 0 aromatic heterocycles. The first-order valence-corrected chi connectivity index (χ1v) is 11.5. The first kappa shape index (κ1) is 20.1. The smallest absolute Gasteiger partial charge is 0.245 e. The molecule has 0 saturated heterocycles. The van der Waals surface area contributed by atoms with E-state index in [0.29, 0.717) is 11.3 Å². The predicted molar refractivity (Wildman–Crippen MR) is 119 cm³/mol. The van der Waals surface area contributed by atoms with Crippen LogP contribution in [0.3, 0.4) is 0 Å². The Bertz CT molecular complexity index is 1270. The van der Waals surface area contributed by atoms with Crippen molar-refractivity contribution in [3.63, 3.8) is 0 Å². The molecule has 0 aliphatic heterocycles. The topological polar surface area (TPSA) is 83.6 Å². The van der Waals surface area contributed by atoms with Gasteiger partial charge in [-0.15, -0.1) is 0 Å². The highest BCUT2D eigenvalue weighted by Crippen LogP contribution is 2.35. The van der Waals surface area contributed by atoms with Crippen molar-refractivity contribution in [2.45, 2.75) is 19.8 Å². The summed E-state index contributed by atoms with van der Waals surface area (Å²) in [6.45, 7) is 1.02. The Morgan fingerprint density at radius 1 is 1.00 bits per heavy atom. The van der Waals surface area contributed by atoms with E-state index in [0.717, 1.165) is 28.8 Å². The molecule has 0 fully saturated rings. The number of anilines is 2. The van der Waals surface area contributed by atoms with E-state index in [-0.39, 0.29) is 18.0 Å². The SMILES string of the molecule is CC(=O)c1cccc(N(CC(=O)Nc2ccc3c4c(cccc24)CC3)S(C)(=O)=O)c1. The van der Waals surface area contributed by atoms with Crippen LogP contribution in [0.1, 0.15) is 28.4 Å². The van der Waals surface area contributed by atoms with Gasteiger partial charge in [0.05, 0.1) is 11.9 Å². The first-order valence-electron chi connectivity index (χ1n) is 9.66.